The lowest BCUT2D eigenvalue weighted by atomic mass is 9.98. The van der Waals surface area contributed by atoms with E-state index in [1.807, 2.05) is 12.1 Å². The Kier molecular flexibility index (Phi) is 9.37. The summed E-state index contributed by atoms with van der Waals surface area (Å²) >= 11 is 7.67. The average Bonchev–Trinajstić information content (AvgIpc) is 3.13. The standard InChI is InChI=1S/C22H23ClN2O2S.CO2.ClH/c1-3-15-16-9-10-25(4-2)12-18(16)28-22(15)24-19-17(20(26)21(19)27)11-13-5-7-14(23)8-6-13;2-1-3;/h5-8,24H,3-4,9-12H2,1-2H3;;1H. The van der Waals surface area contributed by atoms with Gasteiger partial charge in [-0.05, 0) is 48.2 Å². The fourth-order valence-electron chi connectivity index (χ4n) is 3.93. The molecule has 9 heteroatoms. The van der Waals surface area contributed by atoms with Crippen molar-refractivity contribution in [3.05, 3.63) is 76.9 Å². The summed E-state index contributed by atoms with van der Waals surface area (Å²) in [5, 5.41) is 5.01. The van der Waals surface area contributed by atoms with Crippen LogP contribution in [0.2, 0.25) is 5.02 Å². The molecule has 1 aromatic heterocycles. The van der Waals surface area contributed by atoms with E-state index in [1.165, 1.54) is 16.0 Å². The molecule has 0 fully saturated rings. The zero-order chi connectivity index (χ0) is 22.5. The van der Waals surface area contributed by atoms with Crippen molar-refractivity contribution in [2.75, 3.05) is 18.4 Å². The van der Waals surface area contributed by atoms with Gasteiger partial charge in [0.1, 0.15) is 0 Å². The van der Waals surface area contributed by atoms with E-state index >= 15 is 0 Å². The van der Waals surface area contributed by atoms with Gasteiger partial charge in [0.15, 0.2) is 0 Å². The van der Waals surface area contributed by atoms with Crippen molar-refractivity contribution < 1.29 is 9.59 Å². The molecule has 0 radical (unpaired) electrons. The minimum Gasteiger partial charge on any atom is -0.343 e. The fourth-order valence-corrected chi connectivity index (χ4v) is 5.44. The molecule has 170 valence electrons. The fraction of sp³-hybridized carbons (Fsp3) is 0.348. The van der Waals surface area contributed by atoms with Gasteiger partial charge in [-0.3, -0.25) is 14.5 Å². The van der Waals surface area contributed by atoms with Crippen molar-refractivity contribution in [3.8, 4) is 0 Å². The van der Waals surface area contributed by atoms with E-state index in [4.69, 9.17) is 21.2 Å². The Morgan fingerprint density at radius 2 is 1.75 bits per heavy atom. The minimum absolute atomic E-state index is 0. The quantitative estimate of drug-likeness (QED) is 0.519. The molecule has 0 spiro atoms. The molecule has 3 aromatic rings. The van der Waals surface area contributed by atoms with Crippen molar-refractivity contribution >= 4 is 52.2 Å². The maximum absolute atomic E-state index is 12.3. The Hall–Kier alpha value is -2.28. The SMILES string of the molecule is CCc1c(Nc2c(Cc3ccc(Cl)cc3)c(=O)c2=O)sc2c1CCN(CC)C2.Cl.O=C=O. The molecule has 6 nitrogen and oxygen atoms in total. The first-order valence-electron chi connectivity index (χ1n) is 10.1. The van der Waals surface area contributed by atoms with Gasteiger partial charge in [-0.25, -0.2) is 0 Å². The maximum atomic E-state index is 12.3. The molecule has 1 N–H and O–H groups in total. The number of fused-ring (bicyclic) bond motifs is 1. The van der Waals surface area contributed by atoms with Gasteiger partial charge in [0.05, 0.1) is 10.7 Å². The summed E-state index contributed by atoms with van der Waals surface area (Å²) in [5.41, 5.74) is 3.93. The van der Waals surface area contributed by atoms with Gasteiger partial charge < -0.3 is 5.32 Å². The van der Waals surface area contributed by atoms with Crippen LogP contribution in [-0.4, -0.2) is 24.1 Å². The highest BCUT2D eigenvalue weighted by Crippen LogP contribution is 2.39. The maximum Gasteiger partial charge on any atom is 0.373 e. The Labute approximate surface area is 201 Å². The Morgan fingerprint density at radius 3 is 2.34 bits per heavy atom. The van der Waals surface area contributed by atoms with E-state index < -0.39 is 5.43 Å². The lowest BCUT2D eigenvalue weighted by Crippen LogP contribution is -2.37. The molecule has 0 atom stereocenters. The van der Waals surface area contributed by atoms with Gasteiger partial charge in [0.25, 0.3) is 0 Å². The van der Waals surface area contributed by atoms with Gasteiger partial charge in [-0.15, -0.1) is 23.7 Å². The molecule has 0 aliphatic carbocycles. The second-order valence-corrected chi connectivity index (χ2v) is 8.85. The number of hydrogen-bond donors (Lipinski definition) is 1. The topological polar surface area (TPSA) is 83.6 Å². The van der Waals surface area contributed by atoms with Crippen LogP contribution in [0.4, 0.5) is 10.7 Å². The zero-order valence-corrected chi connectivity index (χ0v) is 20.2. The molecule has 0 saturated carbocycles. The van der Waals surface area contributed by atoms with Crippen molar-refractivity contribution in [1.82, 2.24) is 4.90 Å². The third kappa shape index (κ3) is 5.37. The Balaban J connectivity index is 0.000000860. The minimum atomic E-state index is -0.410. The summed E-state index contributed by atoms with van der Waals surface area (Å²) in [6.07, 6.45) is 2.66. The van der Waals surface area contributed by atoms with Crippen molar-refractivity contribution in [1.29, 1.82) is 0 Å². The molecule has 0 bridgehead atoms. The van der Waals surface area contributed by atoms with E-state index in [0.29, 0.717) is 22.7 Å². The van der Waals surface area contributed by atoms with Crippen LogP contribution in [0.5, 0.6) is 0 Å². The summed E-state index contributed by atoms with van der Waals surface area (Å²) < 4.78 is 0. The van der Waals surface area contributed by atoms with Crippen LogP contribution in [0.3, 0.4) is 0 Å². The Morgan fingerprint density at radius 1 is 1.09 bits per heavy atom. The van der Waals surface area contributed by atoms with Crippen molar-refractivity contribution in [3.63, 3.8) is 0 Å². The summed E-state index contributed by atoms with van der Waals surface area (Å²) in [7, 11) is 0. The number of nitrogens with one attached hydrogen (secondary N) is 1. The molecule has 0 saturated heterocycles. The second kappa shape index (κ2) is 11.5. The molecule has 1 aliphatic heterocycles. The van der Waals surface area contributed by atoms with Crippen LogP contribution in [0.15, 0.2) is 33.9 Å². The van der Waals surface area contributed by atoms with Crippen LogP contribution in [-0.2, 0) is 35.4 Å². The molecule has 32 heavy (non-hydrogen) atoms. The van der Waals surface area contributed by atoms with E-state index in [0.717, 1.165) is 43.0 Å². The van der Waals surface area contributed by atoms with Crippen LogP contribution >= 0.6 is 35.3 Å². The second-order valence-electron chi connectivity index (χ2n) is 7.31. The van der Waals surface area contributed by atoms with Gasteiger partial charge in [-0.2, -0.15) is 9.59 Å². The van der Waals surface area contributed by atoms with Crippen molar-refractivity contribution in [2.45, 2.75) is 39.7 Å². The van der Waals surface area contributed by atoms with Crippen LogP contribution < -0.4 is 16.2 Å². The summed E-state index contributed by atoms with van der Waals surface area (Å²) in [6, 6.07) is 7.39. The number of carbonyl (C=O) groups excluding carboxylic acids is 2. The normalized spacial score (nSPS) is 12.8. The smallest absolute Gasteiger partial charge is 0.343 e. The first-order valence-corrected chi connectivity index (χ1v) is 11.3. The van der Waals surface area contributed by atoms with E-state index in [1.54, 1.807) is 23.5 Å². The van der Waals surface area contributed by atoms with E-state index in [9.17, 15) is 9.59 Å². The molecular weight excluding hydrogens is 471 g/mol. The first kappa shape index (κ1) is 26.0. The highest BCUT2D eigenvalue weighted by atomic mass is 35.5. The number of benzene rings is 1. The highest BCUT2D eigenvalue weighted by molar-refractivity contribution is 7.16. The number of nitrogens with zero attached hydrogens (tertiary/aromatic N) is 1. The number of hydrogen-bond acceptors (Lipinski definition) is 7. The molecule has 0 unspecified atom stereocenters. The average molecular weight is 495 g/mol. The van der Waals surface area contributed by atoms with Crippen LogP contribution in [0.1, 0.15) is 41.0 Å². The van der Waals surface area contributed by atoms with Gasteiger partial charge in [0.2, 0.25) is 10.9 Å². The van der Waals surface area contributed by atoms with Crippen molar-refractivity contribution in [2.24, 2.45) is 0 Å². The predicted octanol–water partition coefficient (Wildman–Crippen LogP) is 4.11. The number of anilines is 2. The Bertz CT molecular complexity index is 1170. The molecule has 1 aliphatic rings. The highest BCUT2D eigenvalue weighted by Gasteiger charge is 2.26. The molecule has 4 rings (SSSR count). The molecular formula is C23H24Cl2N2O4S. The van der Waals surface area contributed by atoms with Crippen LogP contribution in [0.25, 0.3) is 0 Å². The van der Waals surface area contributed by atoms with E-state index in [-0.39, 0.29) is 24.0 Å². The van der Waals surface area contributed by atoms with E-state index in [2.05, 4.69) is 24.1 Å². The lowest BCUT2D eigenvalue weighted by molar-refractivity contribution is -0.191. The van der Waals surface area contributed by atoms with Crippen LogP contribution in [0, 0.1) is 0 Å². The number of halogens is 2. The largest absolute Gasteiger partial charge is 0.373 e. The third-order valence-corrected chi connectivity index (χ3v) is 7.01. The lowest BCUT2D eigenvalue weighted by Gasteiger charge is -2.25. The molecule has 0 amide bonds. The first-order chi connectivity index (χ1) is 14.9. The summed E-state index contributed by atoms with van der Waals surface area (Å²) in [4.78, 5) is 44.5. The predicted molar refractivity (Wildman–Crippen MR) is 130 cm³/mol. The summed E-state index contributed by atoms with van der Waals surface area (Å²) in [6.45, 7) is 7.43. The molecule has 2 heterocycles. The monoisotopic (exact) mass is 494 g/mol. The number of rotatable bonds is 6. The van der Waals surface area contributed by atoms with Gasteiger partial charge in [0, 0.05) is 35.0 Å². The summed E-state index contributed by atoms with van der Waals surface area (Å²) in [5.74, 6) is 0. The molecule has 2 aromatic carbocycles. The van der Waals surface area contributed by atoms with Gasteiger partial charge in [-0.1, -0.05) is 37.6 Å². The number of thiophene rings is 1. The zero-order valence-electron chi connectivity index (χ0n) is 17.8. The van der Waals surface area contributed by atoms with Gasteiger partial charge >= 0.3 is 6.15 Å². The third-order valence-electron chi connectivity index (χ3n) is 5.59. The number of likely N-dealkylation sites (N-methyl/N-ethyl adjacent to an activating group) is 1.